The lowest BCUT2D eigenvalue weighted by atomic mass is 9.98. The van der Waals surface area contributed by atoms with Gasteiger partial charge in [-0.25, -0.2) is 4.98 Å². The first-order chi connectivity index (χ1) is 12.2. The molecule has 0 saturated carbocycles. The Kier molecular flexibility index (Phi) is 6.46. The van der Waals surface area contributed by atoms with Crippen molar-refractivity contribution in [1.82, 2.24) is 9.99 Å². The maximum atomic E-state index is 12.7. The Morgan fingerprint density at radius 1 is 1.31 bits per heavy atom. The van der Waals surface area contributed by atoms with Crippen LogP contribution in [0.25, 0.3) is 0 Å². The monoisotopic (exact) mass is 393 g/mol. The van der Waals surface area contributed by atoms with Gasteiger partial charge in [0.05, 0.1) is 24.0 Å². The molecule has 2 rings (SSSR count). The zero-order valence-electron chi connectivity index (χ0n) is 14.3. The fourth-order valence-electron chi connectivity index (χ4n) is 2.47. The van der Waals surface area contributed by atoms with Crippen molar-refractivity contribution in [1.29, 1.82) is 0 Å². The highest BCUT2D eigenvalue weighted by Crippen LogP contribution is 2.34. The number of aromatic nitrogens is 1. The molecule has 1 aromatic rings. The molecule has 1 saturated heterocycles. The highest BCUT2D eigenvalue weighted by Gasteiger charge is 2.46. The predicted octanol–water partition coefficient (Wildman–Crippen LogP) is 3.52. The van der Waals surface area contributed by atoms with E-state index in [-0.39, 0.29) is 12.4 Å². The summed E-state index contributed by atoms with van der Waals surface area (Å²) in [6.45, 7) is 4.20. The quantitative estimate of drug-likeness (QED) is 0.436. The molecule has 0 radical (unpaired) electrons. The van der Waals surface area contributed by atoms with Gasteiger partial charge in [-0.05, 0) is 18.6 Å². The molecule has 1 fully saturated rings. The average molecular weight is 394 g/mol. The van der Waals surface area contributed by atoms with E-state index >= 15 is 0 Å². The summed E-state index contributed by atoms with van der Waals surface area (Å²) in [5.74, 6) is -2.42. The van der Waals surface area contributed by atoms with Gasteiger partial charge >= 0.3 is 6.18 Å². The maximum absolute atomic E-state index is 12.7. The third-order valence-electron chi connectivity index (χ3n) is 4.07. The Balaban J connectivity index is 2.08. The minimum Gasteiger partial charge on any atom is -0.381 e. The Morgan fingerprint density at radius 2 is 2.00 bits per heavy atom. The Bertz CT molecular complexity index is 684. The smallest absolute Gasteiger partial charge is 0.381 e. The molecule has 2 amide bonds. The largest absolute Gasteiger partial charge is 0.419 e. The number of imide groups is 1. The molecule has 0 aromatic carbocycles. The van der Waals surface area contributed by atoms with E-state index in [1.807, 2.05) is 6.92 Å². The Hall–Kier alpha value is -1.87. The van der Waals surface area contributed by atoms with Gasteiger partial charge in [-0.3, -0.25) is 15.0 Å². The van der Waals surface area contributed by atoms with Crippen molar-refractivity contribution in [3.05, 3.63) is 22.8 Å². The highest BCUT2D eigenvalue weighted by molar-refractivity contribution is 6.30. The third-order valence-corrected chi connectivity index (χ3v) is 4.36. The van der Waals surface area contributed by atoms with Gasteiger partial charge in [0.1, 0.15) is 11.0 Å². The van der Waals surface area contributed by atoms with E-state index in [0.717, 1.165) is 30.0 Å². The van der Waals surface area contributed by atoms with Crippen LogP contribution in [-0.2, 0) is 20.5 Å². The number of hydrazine groups is 1. The van der Waals surface area contributed by atoms with E-state index in [1.54, 1.807) is 6.92 Å². The van der Waals surface area contributed by atoms with E-state index in [2.05, 4.69) is 10.4 Å². The lowest BCUT2D eigenvalue weighted by molar-refractivity contribution is -0.139. The van der Waals surface area contributed by atoms with Gasteiger partial charge in [-0.1, -0.05) is 31.9 Å². The number of unbranched alkanes of at least 4 members (excludes halogenated alkanes) is 1. The standard InChI is InChI=1S/C16H19ClF3N3O3/c1-3-4-7-26-8-10-9(2)14(24)23(15(10)25)22-12-6-5-11(13(17)21-12)16(18,19)20/h5-6,9-10H,3-4,7-8H2,1-2H3,(H,21,22). The number of carbonyl (C=O) groups excluding carboxylic acids is 2. The van der Waals surface area contributed by atoms with Crippen LogP contribution in [0.15, 0.2) is 12.1 Å². The van der Waals surface area contributed by atoms with Crippen molar-refractivity contribution >= 4 is 29.2 Å². The predicted molar refractivity (Wildman–Crippen MR) is 88.1 cm³/mol. The molecule has 0 bridgehead atoms. The lowest BCUT2D eigenvalue weighted by Gasteiger charge is -2.17. The van der Waals surface area contributed by atoms with Gasteiger partial charge < -0.3 is 4.74 Å². The molecule has 0 aliphatic carbocycles. The molecule has 1 aliphatic heterocycles. The molecule has 2 unspecified atom stereocenters. The van der Waals surface area contributed by atoms with Crippen LogP contribution in [0.1, 0.15) is 32.3 Å². The van der Waals surface area contributed by atoms with E-state index in [0.29, 0.717) is 6.61 Å². The van der Waals surface area contributed by atoms with Crippen molar-refractivity contribution < 1.29 is 27.5 Å². The van der Waals surface area contributed by atoms with Crippen LogP contribution in [0.5, 0.6) is 0 Å². The Morgan fingerprint density at radius 3 is 2.58 bits per heavy atom. The van der Waals surface area contributed by atoms with Crippen LogP contribution in [0.3, 0.4) is 0 Å². The number of anilines is 1. The topological polar surface area (TPSA) is 71.5 Å². The van der Waals surface area contributed by atoms with E-state index in [4.69, 9.17) is 16.3 Å². The van der Waals surface area contributed by atoms with Crippen LogP contribution >= 0.6 is 11.6 Å². The fraction of sp³-hybridized carbons (Fsp3) is 0.562. The molecule has 1 N–H and O–H groups in total. The summed E-state index contributed by atoms with van der Waals surface area (Å²) in [6, 6.07) is 1.74. The summed E-state index contributed by atoms with van der Waals surface area (Å²) in [6.07, 6.45) is -2.85. The molecule has 1 aliphatic rings. The lowest BCUT2D eigenvalue weighted by Crippen LogP contribution is -2.37. The second-order valence-electron chi connectivity index (χ2n) is 5.98. The molecule has 6 nitrogen and oxygen atoms in total. The molecule has 144 valence electrons. The molecule has 10 heteroatoms. The molecule has 26 heavy (non-hydrogen) atoms. The summed E-state index contributed by atoms with van der Waals surface area (Å²) in [5.41, 5.74) is 1.34. The maximum Gasteiger partial charge on any atom is 0.419 e. The summed E-state index contributed by atoms with van der Waals surface area (Å²) < 4.78 is 43.6. The second kappa shape index (κ2) is 8.22. The van der Waals surface area contributed by atoms with Crippen LogP contribution in [0.4, 0.5) is 19.0 Å². The van der Waals surface area contributed by atoms with Gasteiger partial charge in [-0.2, -0.15) is 18.2 Å². The number of halogens is 4. The Labute approximate surface area is 153 Å². The van der Waals surface area contributed by atoms with Gasteiger partial charge in [0, 0.05) is 6.61 Å². The molecule has 2 heterocycles. The summed E-state index contributed by atoms with van der Waals surface area (Å²) in [7, 11) is 0. The van der Waals surface area contributed by atoms with Crippen molar-refractivity contribution in [3.8, 4) is 0 Å². The van der Waals surface area contributed by atoms with E-state index in [1.165, 1.54) is 0 Å². The number of pyridine rings is 1. The van der Waals surface area contributed by atoms with Crippen molar-refractivity contribution in [2.45, 2.75) is 32.9 Å². The number of carbonyl (C=O) groups is 2. The molecular formula is C16H19ClF3N3O3. The van der Waals surface area contributed by atoms with Crippen molar-refractivity contribution in [3.63, 3.8) is 0 Å². The van der Waals surface area contributed by atoms with E-state index < -0.39 is 40.5 Å². The number of nitrogens with one attached hydrogen (secondary N) is 1. The average Bonchev–Trinajstić information content (AvgIpc) is 2.75. The molecule has 2 atom stereocenters. The van der Waals surface area contributed by atoms with Gasteiger partial charge in [-0.15, -0.1) is 0 Å². The molecular weight excluding hydrogens is 375 g/mol. The van der Waals surface area contributed by atoms with E-state index in [9.17, 15) is 22.8 Å². The fourth-order valence-corrected chi connectivity index (χ4v) is 2.73. The first-order valence-electron chi connectivity index (χ1n) is 8.12. The van der Waals surface area contributed by atoms with Crippen LogP contribution in [-0.4, -0.2) is 35.0 Å². The van der Waals surface area contributed by atoms with Crippen molar-refractivity contribution in [2.75, 3.05) is 18.6 Å². The zero-order chi connectivity index (χ0) is 19.5. The number of ether oxygens (including phenoxy) is 1. The summed E-state index contributed by atoms with van der Waals surface area (Å²) >= 11 is 5.55. The van der Waals surface area contributed by atoms with Crippen LogP contribution in [0.2, 0.25) is 5.15 Å². The number of nitrogens with zero attached hydrogens (tertiary/aromatic N) is 2. The first-order valence-corrected chi connectivity index (χ1v) is 8.50. The van der Waals surface area contributed by atoms with Crippen LogP contribution in [0, 0.1) is 11.8 Å². The number of amides is 2. The first kappa shape index (κ1) is 20.4. The van der Waals surface area contributed by atoms with Gasteiger partial charge in [0.2, 0.25) is 0 Å². The summed E-state index contributed by atoms with van der Waals surface area (Å²) in [5, 5.41) is -0.0150. The minimum absolute atomic E-state index is 0.102. The number of hydrogen-bond acceptors (Lipinski definition) is 5. The van der Waals surface area contributed by atoms with Crippen molar-refractivity contribution in [2.24, 2.45) is 11.8 Å². The zero-order valence-corrected chi connectivity index (χ0v) is 15.0. The van der Waals surface area contributed by atoms with Crippen LogP contribution < -0.4 is 5.43 Å². The SMILES string of the molecule is CCCCOCC1C(=O)N(Nc2ccc(C(F)(F)F)c(Cl)n2)C(=O)C1C. The highest BCUT2D eigenvalue weighted by atomic mass is 35.5. The second-order valence-corrected chi connectivity index (χ2v) is 6.34. The van der Waals surface area contributed by atoms with Gasteiger partial charge in [0.15, 0.2) is 0 Å². The normalized spacial score (nSPS) is 20.8. The minimum atomic E-state index is -4.64. The third kappa shape index (κ3) is 4.45. The van der Waals surface area contributed by atoms with Gasteiger partial charge in [0.25, 0.3) is 11.8 Å². The number of hydrogen-bond donors (Lipinski definition) is 1. The summed E-state index contributed by atoms with van der Waals surface area (Å²) in [4.78, 5) is 28.3. The number of rotatable bonds is 7. The molecule has 1 aromatic heterocycles. The molecule has 0 spiro atoms. The number of alkyl halides is 3.